The van der Waals surface area contributed by atoms with E-state index in [0.29, 0.717) is 6.04 Å². The first-order valence-corrected chi connectivity index (χ1v) is 7.98. The molecule has 0 aromatic carbocycles. The third kappa shape index (κ3) is 5.41. The summed E-state index contributed by atoms with van der Waals surface area (Å²) in [6, 6.07) is 0.549. The van der Waals surface area contributed by atoms with Crippen LogP contribution in [-0.4, -0.2) is 55.1 Å². The Bertz CT molecular complexity index is 224. The topological polar surface area (TPSA) is 32.5 Å². The summed E-state index contributed by atoms with van der Waals surface area (Å²) in [6.45, 7) is 14.5. The van der Waals surface area contributed by atoms with Gasteiger partial charge in [-0.25, -0.2) is 0 Å². The van der Waals surface area contributed by atoms with Crippen molar-refractivity contribution >= 4 is 0 Å². The fourth-order valence-corrected chi connectivity index (χ4v) is 3.34. The number of hydrogen-bond acceptors (Lipinski definition) is 3. The fraction of sp³-hybridized carbons (Fsp3) is 1.00. The Morgan fingerprint density at radius 2 is 1.68 bits per heavy atom. The maximum absolute atomic E-state index is 6.21. The van der Waals surface area contributed by atoms with Crippen LogP contribution < -0.4 is 5.73 Å². The first-order valence-electron chi connectivity index (χ1n) is 7.98. The van der Waals surface area contributed by atoms with Gasteiger partial charge in [0.05, 0.1) is 0 Å². The van der Waals surface area contributed by atoms with Crippen LogP contribution in [0.25, 0.3) is 0 Å². The molecule has 0 amide bonds. The molecule has 0 aromatic rings. The van der Waals surface area contributed by atoms with Crippen LogP contribution in [0.2, 0.25) is 0 Å². The van der Waals surface area contributed by atoms with Gasteiger partial charge in [-0.2, -0.15) is 0 Å². The quantitative estimate of drug-likeness (QED) is 0.663. The molecule has 0 rings (SSSR count). The van der Waals surface area contributed by atoms with Crippen LogP contribution in [0.1, 0.15) is 53.9 Å². The van der Waals surface area contributed by atoms with Gasteiger partial charge in [0.15, 0.2) is 0 Å². The van der Waals surface area contributed by atoms with Gasteiger partial charge in [-0.15, -0.1) is 0 Å². The van der Waals surface area contributed by atoms with Gasteiger partial charge in [0.2, 0.25) is 0 Å². The average molecular weight is 271 g/mol. The van der Waals surface area contributed by atoms with Gasteiger partial charge < -0.3 is 10.6 Å². The lowest BCUT2D eigenvalue weighted by atomic mass is 9.82. The van der Waals surface area contributed by atoms with Gasteiger partial charge in [0.25, 0.3) is 0 Å². The van der Waals surface area contributed by atoms with E-state index in [-0.39, 0.29) is 5.54 Å². The van der Waals surface area contributed by atoms with Crippen molar-refractivity contribution < 1.29 is 0 Å². The number of hydrogen-bond donors (Lipinski definition) is 1. The van der Waals surface area contributed by atoms with E-state index >= 15 is 0 Å². The molecule has 3 nitrogen and oxygen atoms in total. The molecule has 0 radical (unpaired) electrons. The molecule has 0 saturated heterocycles. The van der Waals surface area contributed by atoms with Gasteiger partial charge in [0.1, 0.15) is 0 Å². The molecule has 0 bridgehead atoms. The van der Waals surface area contributed by atoms with E-state index in [1.165, 1.54) is 12.8 Å². The molecule has 0 spiro atoms. The third-order valence-corrected chi connectivity index (χ3v) is 4.57. The van der Waals surface area contributed by atoms with Crippen LogP contribution >= 0.6 is 0 Å². The Labute approximate surface area is 121 Å². The minimum atomic E-state index is 0.166. The molecular weight excluding hydrogens is 234 g/mol. The summed E-state index contributed by atoms with van der Waals surface area (Å²) in [5.41, 5.74) is 6.38. The molecule has 0 aromatic heterocycles. The Kier molecular flexibility index (Phi) is 8.88. The zero-order valence-corrected chi connectivity index (χ0v) is 14.4. The van der Waals surface area contributed by atoms with E-state index in [9.17, 15) is 0 Å². The predicted molar refractivity (Wildman–Crippen MR) is 86.5 cm³/mol. The minimum Gasteiger partial charge on any atom is -0.329 e. The van der Waals surface area contributed by atoms with Crippen molar-refractivity contribution in [3.05, 3.63) is 0 Å². The van der Waals surface area contributed by atoms with Gasteiger partial charge in [-0.3, -0.25) is 4.90 Å². The number of nitrogens with two attached hydrogens (primary N) is 1. The largest absolute Gasteiger partial charge is 0.329 e. The van der Waals surface area contributed by atoms with E-state index in [1.807, 2.05) is 0 Å². The zero-order valence-electron chi connectivity index (χ0n) is 14.4. The van der Waals surface area contributed by atoms with E-state index in [4.69, 9.17) is 5.73 Å². The molecule has 19 heavy (non-hydrogen) atoms. The SMILES string of the molecule is CCC(C)CC(CC)(CN)N(CC)C(C)CN(C)C. The molecule has 0 aliphatic carbocycles. The second kappa shape index (κ2) is 8.93. The molecule has 3 heteroatoms. The van der Waals surface area contributed by atoms with Crippen LogP contribution in [0.3, 0.4) is 0 Å². The Balaban J connectivity index is 5.07. The van der Waals surface area contributed by atoms with Crippen molar-refractivity contribution in [2.75, 3.05) is 33.7 Å². The molecular formula is C16H37N3. The minimum absolute atomic E-state index is 0.166. The van der Waals surface area contributed by atoms with Gasteiger partial charge in [0, 0.05) is 24.7 Å². The maximum Gasteiger partial charge on any atom is 0.0334 e. The smallest absolute Gasteiger partial charge is 0.0334 e. The molecule has 0 aliphatic heterocycles. The molecule has 3 atom stereocenters. The van der Waals surface area contributed by atoms with E-state index in [1.54, 1.807) is 0 Å². The van der Waals surface area contributed by atoms with Gasteiger partial charge in [-0.1, -0.05) is 34.1 Å². The fourth-order valence-electron chi connectivity index (χ4n) is 3.34. The summed E-state index contributed by atoms with van der Waals surface area (Å²) in [6.07, 6.45) is 3.59. The van der Waals surface area contributed by atoms with Crippen LogP contribution in [-0.2, 0) is 0 Å². The van der Waals surface area contributed by atoms with Crippen LogP contribution in [0.4, 0.5) is 0 Å². The van der Waals surface area contributed by atoms with Crippen molar-refractivity contribution in [3.63, 3.8) is 0 Å². The molecule has 2 N–H and O–H groups in total. The van der Waals surface area contributed by atoms with Gasteiger partial charge in [-0.05, 0) is 46.3 Å². The lowest BCUT2D eigenvalue weighted by Crippen LogP contribution is -2.59. The number of nitrogens with zero attached hydrogens (tertiary/aromatic N) is 2. The Morgan fingerprint density at radius 3 is 2.00 bits per heavy atom. The Morgan fingerprint density at radius 1 is 1.11 bits per heavy atom. The molecule has 0 saturated carbocycles. The average Bonchev–Trinajstić information content (AvgIpc) is 2.37. The van der Waals surface area contributed by atoms with Crippen molar-refractivity contribution in [2.24, 2.45) is 11.7 Å². The van der Waals surface area contributed by atoms with Crippen molar-refractivity contribution in [1.29, 1.82) is 0 Å². The highest BCUT2D eigenvalue weighted by Crippen LogP contribution is 2.30. The van der Waals surface area contributed by atoms with E-state index in [0.717, 1.165) is 32.0 Å². The van der Waals surface area contributed by atoms with E-state index < -0.39 is 0 Å². The van der Waals surface area contributed by atoms with Crippen LogP contribution in [0, 0.1) is 5.92 Å². The first-order chi connectivity index (χ1) is 8.86. The normalized spacial score (nSPS) is 18.6. The van der Waals surface area contributed by atoms with Crippen LogP contribution in [0.15, 0.2) is 0 Å². The summed E-state index contributed by atoms with van der Waals surface area (Å²) >= 11 is 0. The zero-order chi connectivity index (χ0) is 15.1. The highest BCUT2D eigenvalue weighted by molar-refractivity contribution is 4.94. The predicted octanol–water partition coefficient (Wildman–Crippen LogP) is 2.80. The Hall–Kier alpha value is -0.120. The van der Waals surface area contributed by atoms with Crippen molar-refractivity contribution in [2.45, 2.75) is 65.5 Å². The van der Waals surface area contributed by atoms with Crippen LogP contribution in [0.5, 0.6) is 0 Å². The monoisotopic (exact) mass is 271 g/mol. The van der Waals surface area contributed by atoms with E-state index in [2.05, 4.69) is 58.5 Å². The lowest BCUT2D eigenvalue weighted by Gasteiger charge is -2.48. The molecule has 0 fully saturated rings. The van der Waals surface area contributed by atoms with Crippen molar-refractivity contribution in [3.8, 4) is 0 Å². The lowest BCUT2D eigenvalue weighted by molar-refractivity contribution is 0.0274. The molecule has 0 heterocycles. The van der Waals surface area contributed by atoms with Gasteiger partial charge >= 0.3 is 0 Å². The van der Waals surface area contributed by atoms with Crippen molar-refractivity contribution in [1.82, 2.24) is 9.80 Å². The number of rotatable bonds is 10. The first kappa shape index (κ1) is 18.9. The standard InChI is InChI=1S/C16H37N3/c1-8-14(4)11-16(9-2,13-17)19(10-3)15(5)12-18(6)7/h14-15H,8-13,17H2,1-7H3. The molecule has 3 unspecified atom stereocenters. The molecule has 0 aliphatic rings. The second-order valence-corrected chi connectivity index (χ2v) is 6.40. The maximum atomic E-state index is 6.21. The number of likely N-dealkylation sites (N-methyl/N-ethyl adjacent to an activating group) is 2. The summed E-state index contributed by atoms with van der Waals surface area (Å²) < 4.78 is 0. The molecule has 116 valence electrons. The highest BCUT2D eigenvalue weighted by Gasteiger charge is 2.36. The summed E-state index contributed by atoms with van der Waals surface area (Å²) in [4.78, 5) is 4.91. The summed E-state index contributed by atoms with van der Waals surface area (Å²) in [5, 5.41) is 0. The third-order valence-electron chi connectivity index (χ3n) is 4.57. The summed E-state index contributed by atoms with van der Waals surface area (Å²) in [7, 11) is 4.30. The summed E-state index contributed by atoms with van der Waals surface area (Å²) in [5.74, 6) is 0.740. The second-order valence-electron chi connectivity index (χ2n) is 6.40. The highest BCUT2D eigenvalue weighted by atomic mass is 15.3.